The van der Waals surface area contributed by atoms with Crippen molar-refractivity contribution in [1.82, 2.24) is 0 Å². The van der Waals surface area contributed by atoms with Crippen LogP contribution in [0.3, 0.4) is 0 Å². The van der Waals surface area contributed by atoms with E-state index in [1.807, 2.05) is 0 Å². The molecule has 0 bridgehead atoms. The monoisotopic (exact) mass is 533 g/mol. The maximum atomic E-state index is 4.93. The van der Waals surface area contributed by atoms with Gasteiger partial charge in [-0.3, -0.25) is 0 Å². The molecule has 3 aromatic carbocycles. The Morgan fingerprint density at radius 2 is 1.42 bits per heavy atom. The van der Waals surface area contributed by atoms with Gasteiger partial charge in [-0.2, -0.15) is 6.07 Å². The molecule has 0 aliphatic rings. The Morgan fingerprint density at radius 3 is 1.87 bits per heavy atom. The summed E-state index contributed by atoms with van der Waals surface area (Å²) in [5.74, 6) is 0.603. The third-order valence-electron chi connectivity index (χ3n) is 6.26. The minimum atomic E-state index is -0.826. The molecule has 0 saturated heterocycles. The van der Waals surface area contributed by atoms with Crippen molar-refractivity contribution < 1.29 is 20.8 Å². The summed E-state index contributed by atoms with van der Waals surface area (Å²) in [4.78, 5) is 0. The van der Waals surface area contributed by atoms with E-state index in [-0.39, 0.29) is 10.8 Å². The van der Waals surface area contributed by atoms with Gasteiger partial charge >= 0.3 is 37.9 Å². The predicted molar refractivity (Wildman–Crippen MR) is 138 cm³/mol. The average Bonchev–Trinajstić information content (AvgIpc) is 3.10. The first-order chi connectivity index (χ1) is 14.3. The number of hydrogen-bond donors (Lipinski definition) is 0. The summed E-state index contributed by atoms with van der Waals surface area (Å²) in [5.41, 5.74) is 8.69. The van der Waals surface area contributed by atoms with E-state index < -0.39 is 20.8 Å². The van der Waals surface area contributed by atoms with Crippen molar-refractivity contribution in [2.45, 2.75) is 85.5 Å². The van der Waals surface area contributed by atoms with E-state index in [0.717, 1.165) is 0 Å². The van der Waals surface area contributed by atoms with Gasteiger partial charge in [-0.25, -0.2) is 0 Å². The molecule has 3 aromatic rings. The second-order valence-corrected chi connectivity index (χ2v) is 14.5. The standard InChI is InChI=1S/C28H37.2ClH.Zr/c1-10-18(2)21-13-20-12-11-19(3)26(25(20)16-21)22-14-23(27(4,5)6)17-24(15-22)28(7,8)9;;;/h11-18H,10H2,1-9H3;2*1H;/q-1;;;+2/p-2. The van der Waals surface area contributed by atoms with E-state index in [1.54, 1.807) is 0 Å². The normalized spacial score (nSPS) is 13.0. The molecule has 0 N–H and O–H groups in total. The third kappa shape index (κ3) is 6.53. The van der Waals surface area contributed by atoms with Gasteiger partial charge in [0.05, 0.1) is 0 Å². The molecule has 1 unspecified atom stereocenters. The summed E-state index contributed by atoms with van der Waals surface area (Å²) in [6.45, 7) is 20.8. The van der Waals surface area contributed by atoms with E-state index in [4.69, 9.17) is 17.0 Å². The molecule has 0 nitrogen and oxygen atoms in total. The Hall–Kier alpha value is -0.487. The van der Waals surface area contributed by atoms with Crippen molar-refractivity contribution in [3.8, 4) is 11.1 Å². The molecular weight excluding hydrogens is 498 g/mol. The molecule has 0 aliphatic heterocycles. The van der Waals surface area contributed by atoms with Gasteiger partial charge in [0, 0.05) is 0 Å². The fourth-order valence-corrected chi connectivity index (χ4v) is 3.96. The molecule has 0 aromatic heterocycles. The van der Waals surface area contributed by atoms with E-state index in [1.165, 1.54) is 50.6 Å². The van der Waals surface area contributed by atoms with Gasteiger partial charge < -0.3 is 0 Å². The van der Waals surface area contributed by atoms with Crippen LogP contribution in [0.4, 0.5) is 0 Å². The van der Waals surface area contributed by atoms with Crippen LogP contribution in [0.15, 0.2) is 42.5 Å². The Bertz CT molecular complexity index is 984. The van der Waals surface area contributed by atoms with Gasteiger partial charge in [0.2, 0.25) is 0 Å². The van der Waals surface area contributed by atoms with Crippen LogP contribution in [0.25, 0.3) is 21.9 Å². The SMILES string of the molecule is CCC(C)c1cc2c(-c3cc(C(C)(C)C)cc(C(C)(C)C)c3)c(C)ccc2[cH-]1.[Cl][Zr][Cl]. The molecule has 0 radical (unpaired) electrons. The summed E-state index contributed by atoms with van der Waals surface area (Å²) >= 11 is -0.826. The molecule has 0 heterocycles. The van der Waals surface area contributed by atoms with E-state index in [9.17, 15) is 0 Å². The van der Waals surface area contributed by atoms with Crippen molar-refractivity contribution in [1.29, 1.82) is 0 Å². The zero-order valence-electron chi connectivity index (χ0n) is 20.6. The minimum absolute atomic E-state index is 0.131. The molecule has 3 rings (SSSR count). The van der Waals surface area contributed by atoms with E-state index >= 15 is 0 Å². The molecule has 0 spiro atoms. The quantitative estimate of drug-likeness (QED) is 0.293. The Labute approximate surface area is 208 Å². The van der Waals surface area contributed by atoms with Gasteiger partial charge in [-0.05, 0) is 40.4 Å². The first kappa shape index (κ1) is 26.8. The van der Waals surface area contributed by atoms with Crippen molar-refractivity contribution in [2.75, 3.05) is 0 Å². The molecule has 0 fully saturated rings. The Kier molecular flexibility index (Phi) is 9.18. The number of hydrogen-bond acceptors (Lipinski definition) is 0. The summed E-state index contributed by atoms with van der Waals surface area (Å²) in [7, 11) is 9.87. The van der Waals surface area contributed by atoms with Crippen LogP contribution in [0.2, 0.25) is 0 Å². The first-order valence-electron chi connectivity index (χ1n) is 11.2. The number of halogens is 2. The Balaban J connectivity index is 0.00000107. The molecule has 0 amide bonds. The maximum absolute atomic E-state index is 4.93. The van der Waals surface area contributed by atoms with Crippen LogP contribution in [-0.4, -0.2) is 0 Å². The van der Waals surface area contributed by atoms with Gasteiger partial charge in [0.25, 0.3) is 0 Å². The van der Waals surface area contributed by atoms with Crippen molar-refractivity contribution in [3.63, 3.8) is 0 Å². The third-order valence-corrected chi connectivity index (χ3v) is 6.26. The van der Waals surface area contributed by atoms with Crippen LogP contribution in [-0.2, 0) is 31.7 Å². The predicted octanol–water partition coefficient (Wildman–Crippen LogP) is 10.0. The molecular formula is C28H37Cl2Zr-. The van der Waals surface area contributed by atoms with Gasteiger partial charge in [-0.15, -0.1) is 34.5 Å². The number of aryl methyl sites for hydroxylation is 1. The fourth-order valence-electron chi connectivity index (χ4n) is 3.96. The van der Waals surface area contributed by atoms with Crippen molar-refractivity contribution >= 4 is 27.8 Å². The average molecular weight is 536 g/mol. The van der Waals surface area contributed by atoms with E-state index in [0.29, 0.717) is 5.92 Å². The molecule has 0 aliphatic carbocycles. The molecule has 0 saturated carbocycles. The van der Waals surface area contributed by atoms with Crippen LogP contribution in [0.5, 0.6) is 0 Å². The summed E-state index contributed by atoms with van der Waals surface area (Å²) in [5, 5.41) is 2.77. The summed E-state index contributed by atoms with van der Waals surface area (Å²) < 4.78 is 0. The van der Waals surface area contributed by atoms with Crippen LogP contribution in [0.1, 0.15) is 90.0 Å². The van der Waals surface area contributed by atoms with Crippen LogP contribution >= 0.6 is 17.0 Å². The zero-order valence-corrected chi connectivity index (χ0v) is 24.6. The zero-order chi connectivity index (χ0) is 23.6. The Morgan fingerprint density at radius 1 is 0.903 bits per heavy atom. The molecule has 3 heteroatoms. The summed E-state index contributed by atoms with van der Waals surface area (Å²) in [6.07, 6.45) is 1.18. The van der Waals surface area contributed by atoms with E-state index in [2.05, 4.69) is 105 Å². The van der Waals surface area contributed by atoms with Crippen molar-refractivity contribution in [3.05, 3.63) is 64.7 Å². The molecule has 1 atom stereocenters. The van der Waals surface area contributed by atoms with Crippen LogP contribution < -0.4 is 0 Å². The number of rotatable bonds is 3. The van der Waals surface area contributed by atoms with Gasteiger partial charge in [0.15, 0.2) is 0 Å². The summed E-state index contributed by atoms with van der Waals surface area (Å²) in [6, 6.07) is 16.7. The second kappa shape index (κ2) is 10.6. The van der Waals surface area contributed by atoms with Gasteiger partial charge in [-0.1, -0.05) is 91.1 Å². The first-order valence-corrected chi connectivity index (χ1v) is 17.5. The molecule has 168 valence electrons. The molecule has 31 heavy (non-hydrogen) atoms. The second-order valence-electron chi connectivity index (χ2n) is 10.7. The topological polar surface area (TPSA) is 0 Å². The number of benzene rings is 2. The van der Waals surface area contributed by atoms with Gasteiger partial charge in [0.1, 0.15) is 0 Å². The fraction of sp³-hybridized carbons (Fsp3) is 0.464. The van der Waals surface area contributed by atoms with Crippen molar-refractivity contribution in [2.24, 2.45) is 0 Å². The number of fused-ring (bicyclic) bond motifs is 1. The van der Waals surface area contributed by atoms with Crippen LogP contribution in [0, 0.1) is 6.92 Å².